The average molecular weight is 577 g/mol. The molecule has 4 unspecified atom stereocenters. The van der Waals surface area contributed by atoms with E-state index in [2.05, 4.69) is 34.6 Å². The van der Waals surface area contributed by atoms with Crippen molar-refractivity contribution in [3.8, 4) is 0 Å². The first-order valence-corrected chi connectivity index (χ1v) is 16.1. The molecule has 41 heavy (non-hydrogen) atoms. The first-order valence-electron chi connectivity index (χ1n) is 16.1. The molecule has 5 rings (SSSR count). The van der Waals surface area contributed by atoms with Crippen molar-refractivity contribution in [1.29, 1.82) is 0 Å². The molecule has 11 atom stereocenters. The second kappa shape index (κ2) is 9.41. The quantitative estimate of drug-likeness (QED) is 0.398. The fraction of sp³-hybridized carbons (Fsp3) is 0.941. The monoisotopic (exact) mass is 576 g/mol. The molecule has 7 nitrogen and oxygen atoms in total. The van der Waals surface area contributed by atoms with Gasteiger partial charge in [-0.3, -0.25) is 9.59 Å². The van der Waals surface area contributed by atoms with E-state index >= 15 is 0 Å². The van der Waals surface area contributed by atoms with E-state index in [0.29, 0.717) is 31.6 Å². The molecule has 7 heteroatoms. The molecule has 0 aromatic rings. The molecule has 1 saturated heterocycles. The number of fused-ring (bicyclic) bond motifs is 5. The Hall–Kier alpha value is -1.18. The van der Waals surface area contributed by atoms with Crippen LogP contribution in [0.4, 0.5) is 0 Å². The second-order valence-corrected chi connectivity index (χ2v) is 16.8. The molecule has 4 aliphatic carbocycles. The topological polar surface area (TPSA) is 102 Å². The normalized spacial score (nSPS) is 50.8. The maximum Gasteiger partial charge on any atom is 0.302 e. The van der Waals surface area contributed by atoms with Gasteiger partial charge in [-0.05, 0) is 107 Å². The number of carbonyl (C=O) groups is 2. The maximum atomic E-state index is 12.8. The molecule has 0 radical (unpaired) electrons. The fourth-order valence-corrected chi connectivity index (χ4v) is 11.8. The lowest BCUT2D eigenvalue weighted by Crippen LogP contribution is -2.70. The van der Waals surface area contributed by atoms with E-state index in [1.165, 1.54) is 13.8 Å². The van der Waals surface area contributed by atoms with E-state index in [9.17, 15) is 19.8 Å². The van der Waals surface area contributed by atoms with Gasteiger partial charge in [-0.2, -0.15) is 0 Å². The van der Waals surface area contributed by atoms with Crippen molar-refractivity contribution in [2.45, 2.75) is 162 Å². The molecule has 1 aliphatic heterocycles. The van der Waals surface area contributed by atoms with Gasteiger partial charge in [-0.15, -0.1) is 0 Å². The minimum absolute atomic E-state index is 0.100. The Labute approximate surface area is 247 Å². The zero-order chi connectivity index (χ0) is 30.6. The molecule has 0 aromatic carbocycles. The van der Waals surface area contributed by atoms with Crippen molar-refractivity contribution in [1.82, 2.24) is 0 Å². The van der Waals surface area contributed by atoms with Crippen molar-refractivity contribution in [2.24, 2.45) is 39.4 Å². The van der Waals surface area contributed by atoms with Gasteiger partial charge in [-0.25, -0.2) is 0 Å². The Morgan fingerprint density at radius 3 is 2.00 bits per heavy atom. The maximum absolute atomic E-state index is 12.8. The molecule has 0 amide bonds. The van der Waals surface area contributed by atoms with Crippen molar-refractivity contribution < 1.29 is 34.0 Å². The molecule has 0 bridgehead atoms. The van der Waals surface area contributed by atoms with Crippen LogP contribution in [0.1, 0.15) is 127 Å². The number of hydrogen-bond acceptors (Lipinski definition) is 7. The Kier molecular flexibility index (Phi) is 7.17. The van der Waals surface area contributed by atoms with Gasteiger partial charge in [0, 0.05) is 25.2 Å². The summed E-state index contributed by atoms with van der Waals surface area (Å²) in [5.74, 6) is -0.158. The number of ether oxygens (including phenoxy) is 3. The van der Waals surface area contributed by atoms with Gasteiger partial charge in [0.05, 0.1) is 22.9 Å². The van der Waals surface area contributed by atoms with Crippen molar-refractivity contribution in [2.75, 3.05) is 0 Å². The molecular formula is C34H56O7. The number of aliphatic hydroxyl groups is 2. The lowest BCUT2D eigenvalue weighted by molar-refractivity contribution is -0.280. The smallest absolute Gasteiger partial charge is 0.302 e. The summed E-state index contributed by atoms with van der Waals surface area (Å²) in [5.41, 5.74) is -3.50. The number of carbonyl (C=O) groups excluding carboxylic acids is 2. The lowest BCUT2D eigenvalue weighted by Gasteiger charge is -2.71. The largest absolute Gasteiger partial charge is 0.462 e. The van der Waals surface area contributed by atoms with E-state index in [-0.39, 0.29) is 63.7 Å². The Morgan fingerprint density at radius 1 is 0.805 bits per heavy atom. The van der Waals surface area contributed by atoms with Crippen molar-refractivity contribution >= 4 is 11.9 Å². The standard InChI is InChI=1S/C34H56O7/c1-20(35)39-22-19-24-31(8,17-18-34(24,38)33(10)16-13-26(41-33)29(5,6)37)32(9)15-11-23-28(3,4)25(40-21(2)36)12-14-30(23,7)27(22)32/h22-27,37-38H,11-19H2,1-10H3/t22-,23?,24?,25-,26+,27?,30+,31-,32-,33?,34-/m1/s1. The second-order valence-electron chi connectivity index (χ2n) is 16.8. The highest BCUT2D eigenvalue weighted by atomic mass is 16.6. The van der Waals surface area contributed by atoms with Gasteiger partial charge in [0.15, 0.2) is 0 Å². The summed E-state index contributed by atoms with van der Waals surface area (Å²) in [6, 6.07) is 0. The summed E-state index contributed by atoms with van der Waals surface area (Å²) in [5, 5.41) is 23.5. The van der Waals surface area contributed by atoms with Crippen LogP contribution in [0.2, 0.25) is 0 Å². The number of esters is 2. The summed E-state index contributed by atoms with van der Waals surface area (Å²) < 4.78 is 18.8. The van der Waals surface area contributed by atoms with E-state index in [1.807, 2.05) is 6.92 Å². The predicted molar refractivity (Wildman–Crippen MR) is 156 cm³/mol. The SMILES string of the molecule is CC(=O)O[C@@H]1CC2[C@@](O)(C3(C)CC[C@@H](C(C)(C)O)O3)CC[C@@]2(C)[C@]2(C)CCC3C(C)(C)[C@H](OC(C)=O)CC[C@]3(C)C12. The van der Waals surface area contributed by atoms with Gasteiger partial charge >= 0.3 is 11.9 Å². The summed E-state index contributed by atoms with van der Waals surface area (Å²) in [7, 11) is 0. The minimum atomic E-state index is -1.09. The van der Waals surface area contributed by atoms with Crippen LogP contribution < -0.4 is 0 Å². The van der Waals surface area contributed by atoms with Crippen molar-refractivity contribution in [3.05, 3.63) is 0 Å². The van der Waals surface area contributed by atoms with Crippen LogP contribution in [-0.4, -0.2) is 57.3 Å². The lowest BCUT2D eigenvalue weighted by atomic mass is 9.34. The first-order chi connectivity index (χ1) is 18.7. The van der Waals surface area contributed by atoms with Crippen LogP contribution in [0.15, 0.2) is 0 Å². The molecule has 234 valence electrons. The molecule has 0 spiro atoms. The van der Waals surface area contributed by atoms with Gasteiger partial charge in [-0.1, -0.05) is 34.6 Å². The van der Waals surface area contributed by atoms with E-state index in [0.717, 1.165) is 32.1 Å². The number of hydrogen-bond donors (Lipinski definition) is 2. The van der Waals surface area contributed by atoms with Gasteiger partial charge in [0.2, 0.25) is 0 Å². The fourth-order valence-electron chi connectivity index (χ4n) is 11.8. The summed E-state index contributed by atoms with van der Waals surface area (Å²) in [4.78, 5) is 24.7. The molecular weight excluding hydrogens is 520 g/mol. The summed E-state index contributed by atoms with van der Waals surface area (Å²) in [6.07, 6.45) is 6.45. The van der Waals surface area contributed by atoms with Gasteiger partial charge in [0.25, 0.3) is 0 Å². The highest BCUT2D eigenvalue weighted by Gasteiger charge is 2.76. The Bertz CT molecular complexity index is 1080. The Balaban J connectivity index is 1.56. The van der Waals surface area contributed by atoms with Crippen LogP contribution >= 0.6 is 0 Å². The summed E-state index contributed by atoms with van der Waals surface area (Å²) in [6.45, 7) is 20.3. The van der Waals surface area contributed by atoms with Crippen LogP contribution in [0.3, 0.4) is 0 Å². The van der Waals surface area contributed by atoms with Crippen LogP contribution in [-0.2, 0) is 23.8 Å². The van der Waals surface area contributed by atoms with E-state index < -0.39 is 16.8 Å². The zero-order valence-electron chi connectivity index (χ0n) is 27.3. The van der Waals surface area contributed by atoms with Crippen LogP contribution in [0.5, 0.6) is 0 Å². The molecule has 5 aliphatic rings. The third kappa shape index (κ3) is 4.29. The highest BCUT2D eigenvalue weighted by Crippen LogP contribution is 2.77. The highest BCUT2D eigenvalue weighted by molar-refractivity contribution is 5.66. The van der Waals surface area contributed by atoms with Crippen LogP contribution in [0.25, 0.3) is 0 Å². The van der Waals surface area contributed by atoms with Gasteiger partial charge < -0.3 is 24.4 Å². The van der Waals surface area contributed by atoms with Crippen molar-refractivity contribution in [3.63, 3.8) is 0 Å². The predicted octanol–water partition coefficient (Wildman–Crippen LogP) is 5.97. The van der Waals surface area contributed by atoms with E-state index in [1.54, 1.807) is 13.8 Å². The molecule has 4 saturated carbocycles. The third-order valence-electron chi connectivity index (χ3n) is 13.9. The summed E-state index contributed by atoms with van der Waals surface area (Å²) >= 11 is 0. The molecule has 5 fully saturated rings. The first kappa shape index (κ1) is 31.3. The zero-order valence-corrected chi connectivity index (χ0v) is 27.3. The van der Waals surface area contributed by atoms with E-state index in [4.69, 9.17) is 14.2 Å². The van der Waals surface area contributed by atoms with Crippen LogP contribution in [0, 0.1) is 39.4 Å². The number of rotatable bonds is 4. The molecule has 0 aromatic heterocycles. The van der Waals surface area contributed by atoms with Gasteiger partial charge in [0.1, 0.15) is 12.2 Å². The minimum Gasteiger partial charge on any atom is -0.462 e. The third-order valence-corrected chi connectivity index (χ3v) is 13.9. The molecule has 1 heterocycles. The Morgan fingerprint density at radius 2 is 1.44 bits per heavy atom. The average Bonchev–Trinajstić information content (AvgIpc) is 3.37. The molecule has 2 N–H and O–H groups in total.